The van der Waals surface area contributed by atoms with E-state index in [9.17, 15) is 10.4 Å². The maximum Gasteiger partial charge on any atom is 0.283 e. The van der Waals surface area contributed by atoms with Crippen molar-refractivity contribution < 1.29 is 14.7 Å². The van der Waals surface area contributed by atoms with Crippen LogP contribution in [0.3, 0.4) is 0 Å². The van der Waals surface area contributed by atoms with E-state index in [0.29, 0.717) is 5.71 Å². The summed E-state index contributed by atoms with van der Waals surface area (Å²) in [5.74, 6) is 0. The first-order valence-electron chi connectivity index (χ1n) is 4.35. The molecule has 0 radical (unpaired) electrons. The van der Waals surface area contributed by atoms with Crippen LogP contribution in [-0.4, -0.2) is 37.7 Å². The third kappa shape index (κ3) is 1.12. The molecular formula is C9H17N2O2+. The minimum Gasteiger partial charge on any atom is -0.623 e. The standard InChI is InChI=1S/C9H17N2O2/c1-7-6-10(12)8(2,3)9(4,5)11(7)13/h6,12H,1-5H3/q+1. The number of hydrogen-bond donors (Lipinski definition) is 1. The summed E-state index contributed by atoms with van der Waals surface area (Å²) in [5.41, 5.74) is -0.707. The maximum atomic E-state index is 11.7. The summed E-state index contributed by atoms with van der Waals surface area (Å²) < 4.78 is 2.05. The van der Waals surface area contributed by atoms with Gasteiger partial charge in [0.25, 0.3) is 17.5 Å². The van der Waals surface area contributed by atoms with Crippen molar-refractivity contribution in [1.82, 2.24) is 0 Å². The number of rotatable bonds is 0. The lowest BCUT2D eigenvalue weighted by Gasteiger charge is -2.35. The van der Waals surface area contributed by atoms with E-state index < -0.39 is 11.1 Å². The van der Waals surface area contributed by atoms with Crippen molar-refractivity contribution in [3.63, 3.8) is 0 Å². The van der Waals surface area contributed by atoms with Crippen LogP contribution < -0.4 is 0 Å². The molecule has 0 saturated heterocycles. The molecule has 0 aromatic heterocycles. The van der Waals surface area contributed by atoms with Crippen molar-refractivity contribution >= 4 is 11.9 Å². The van der Waals surface area contributed by atoms with E-state index >= 15 is 0 Å². The van der Waals surface area contributed by atoms with Gasteiger partial charge in [-0.25, -0.2) is 0 Å². The van der Waals surface area contributed by atoms with Gasteiger partial charge in [0.1, 0.15) is 0 Å². The monoisotopic (exact) mass is 185 g/mol. The highest BCUT2D eigenvalue weighted by Crippen LogP contribution is 2.29. The van der Waals surface area contributed by atoms with Crippen LogP contribution in [0.5, 0.6) is 0 Å². The van der Waals surface area contributed by atoms with E-state index in [-0.39, 0.29) is 0 Å². The molecule has 0 spiro atoms. The molecule has 13 heavy (non-hydrogen) atoms. The van der Waals surface area contributed by atoms with Crippen LogP contribution >= 0.6 is 0 Å². The largest absolute Gasteiger partial charge is 0.623 e. The first-order valence-corrected chi connectivity index (χ1v) is 4.35. The molecule has 1 heterocycles. The Morgan fingerprint density at radius 3 is 2.15 bits per heavy atom. The lowest BCUT2D eigenvalue weighted by Crippen LogP contribution is -2.62. The second-order valence-corrected chi connectivity index (χ2v) is 4.53. The van der Waals surface area contributed by atoms with Gasteiger partial charge in [0.15, 0.2) is 0 Å². The minimum absolute atomic E-state index is 0.520. The summed E-state index contributed by atoms with van der Waals surface area (Å²) >= 11 is 0. The van der Waals surface area contributed by atoms with Crippen molar-refractivity contribution in [2.45, 2.75) is 45.7 Å². The first kappa shape index (κ1) is 10.0. The Labute approximate surface area is 78.4 Å². The fourth-order valence-corrected chi connectivity index (χ4v) is 1.36. The summed E-state index contributed by atoms with van der Waals surface area (Å²) in [6, 6.07) is 0. The molecular weight excluding hydrogens is 168 g/mol. The molecule has 1 aliphatic rings. The Bertz CT molecular complexity index is 301. The van der Waals surface area contributed by atoms with E-state index in [4.69, 9.17) is 0 Å². The van der Waals surface area contributed by atoms with Gasteiger partial charge in [-0.05, 0) is 4.74 Å². The molecule has 1 N–H and O–H groups in total. The third-order valence-electron chi connectivity index (χ3n) is 3.21. The van der Waals surface area contributed by atoms with Gasteiger partial charge >= 0.3 is 0 Å². The summed E-state index contributed by atoms with van der Waals surface area (Å²) in [5, 5.41) is 21.4. The molecule has 0 aromatic carbocycles. The zero-order valence-corrected chi connectivity index (χ0v) is 8.83. The summed E-state index contributed by atoms with van der Waals surface area (Å²) in [6.07, 6.45) is 1.46. The minimum atomic E-state index is -0.638. The molecule has 1 rings (SSSR count). The fourth-order valence-electron chi connectivity index (χ4n) is 1.36. The second kappa shape index (κ2) is 2.47. The molecule has 4 nitrogen and oxygen atoms in total. The summed E-state index contributed by atoms with van der Waals surface area (Å²) in [7, 11) is 0. The Morgan fingerprint density at radius 2 is 1.69 bits per heavy atom. The van der Waals surface area contributed by atoms with Crippen LogP contribution in [0.25, 0.3) is 0 Å². The average Bonchev–Trinajstić information content (AvgIpc) is 2.00. The van der Waals surface area contributed by atoms with Crippen molar-refractivity contribution in [3.8, 4) is 0 Å². The molecule has 4 heteroatoms. The molecule has 0 atom stereocenters. The van der Waals surface area contributed by atoms with Gasteiger partial charge in [0, 0.05) is 34.6 Å². The SMILES string of the molecule is CC1=[N+]([O-])C(C)(C)C(C)(C)[N+](O)=C1. The Kier molecular flexibility index (Phi) is 1.90. The predicted octanol–water partition coefficient (Wildman–Crippen LogP) is 1.00. The van der Waals surface area contributed by atoms with Crippen LogP contribution in [0.4, 0.5) is 0 Å². The first-order chi connectivity index (χ1) is 5.71. The third-order valence-corrected chi connectivity index (χ3v) is 3.21. The highest BCUT2D eigenvalue weighted by atomic mass is 16.5. The van der Waals surface area contributed by atoms with Gasteiger partial charge in [-0.15, -0.1) is 0 Å². The van der Waals surface area contributed by atoms with Crippen LogP contribution in [0.2, 0.25) is 0 Å². The van der Waals surface area contributed by atoms with E-state index in [1.807, 2.05) is 27.7 Å². The van der Waals surface area contributed by atoms with Gasteiger partial charge in [-0.3, -0.25) is 5.21 Å². The second-order valence-electron chi connectivity index (χ2n) is 4.53. The Balaban J connectivity index is 3.34. The number of hydrogen-bond acceptors (Lipinski definition) is 2. The molecule has 1 aliphatic heterocycles. The summed E-state index contributed by atoms with van der Waals surface area (Å²) in [6.45, 7) is 8.99. The zero-order chi connectivity index (χ0) is 10.4. The van der Waals surface area contributed by atoms with Crippen LogP contribution in [0.15, 0.2) is 0 Å². The zero-order valence-electron chi connectivity index (χ0n) is 8.83. The highest BCUT2D eigenvalue weighted by molar-refractivity contribution is 6.25. The van der Waals surface area contributed by atoms with Crippen LogP contribution in [-0.2, 0) is 0 Å². The van der Waals surface area contributed by atoms with E-state index in [1.165, 1.54) is 6.21 Å². The van der Waals surface area contributed by atoms with Gasteiger partial charge in [0.2, 0.25) is 5.54 Å². The normalized spacial score (nSPS) is 25.8. The van der Waals surface area contributed by atoms with E-state index in [0.717, 1.165) is 9.48 Å². The molecule has 0 aromatic rings. The molecule has 0 fully saturated rings. The Hall–Kier alpha value is -1.06. The fraction of sp³-hybridized carbons (Fsp3) is 0.778. The quantitative estimate of drug-likeness (QED) is 0.348. The van der Waals surface area contributed by atoms with E-state index in [1.54, 1.807) is 6.92 Å². The smallest absolute Gasteiger partial charge is 0.283 e. The average molecular weight is 185 g/mol. The topological polar surface area (TPSA) is 49.3 Å². The lowest BCUT2D eigenvalue weighted by atomic mass is 9.82. The molecule has 0 unspecified atom stereocenters. The highest BCUT2D eigenvalue weighted by Gasteiger charge is 2.57. The molecule has 0 bridgehead atoms. The molecule has 0 aliphatic carbocycles. The van der Waals surface area contributed by atoms with Crippen molar-refractivity contribution in [3.05, 3.63) is 5.21 Å². The van der Waals surface area contributed by atoms with E-state index in [2.05, 4.69) is 0 Å². The lowest BCUT2D eigenvalue weighted by molar-refractivity contribution is -0.851. The molecule has 0 amide bonds. The predicted molar refractivity (Wildman–Crippen MR) is 50.6 cm³/mol. The van der Waals surface area contributed by atoms with Gasteiger partial charge in [-0.1, -0.05) is 0 Å². The van der Waals surface area contributed by atoms with Gasteiger partial charge in [-0.2, -0.15) is 4.74 Å². The van der Waals surface area contributed by atoms with Crippen LogP contribution in [0, 0.1) is 5.21 Å². The van der Waals surface area contributed by atoms with Crippen molar-refractivity contribution in [2.24, 2.45) is 0 Å². The van der Waals surface area contributed by atoms with Gasteiger partial charge in [0.05, 0.1) is 0 Å². The molecule has 74 valence electrons. The molecule has 0 saturated carbocycles. The van der Waals surface area contributed by atoms with Gasteiger partial charge < -0.3 is 5.21 Å². The van der Waals surface area contributed by atoms with Crippen molar-refractivity contribution in [1.29, 1.82) is 0 Å². The number of hydroxylamine groups is 2. The summed E-state index contributed by atoms with van der Waals surface area (Å²) in [4.78, 5) is 0. The number of nitrogens with zero attached hydrogens (tertiary/aromatic N) is 2. The van der Waals surface area contributed by atoms with Crippen molar-refractivity contribution in [2.75, 3.05) is 0 Å². The van der Waals surface area contributed by atoms with Crippen LogP contribution in [0.1, 0.15) is 34.6 Å². The Morgan fingerprint density at radius 1 is 1.23 bits per heavy atom. The maximum absolute atomic E-state index is 11.7.